The molecule has 15 aromatic rings. The Hall–Kier alpha value is -11.9. The van der Waals surface area contributed by atoms with E-state index < -0.39 is 29.0 Å². The average molecular weight is 1180 g/mol. The van der Waals surface area contributed by atoms with E-state index in [1.807, 2.05) is 217 Å². The zero-order chi connectivity index (χ0) is 61.3. The van der Waals surface area contributed by atoms with Crippen LogP contribution in [0.25, 0.3) is 146 Å². The minimum Gasteiger partial charge on any atom is -0.309 e. The van der Waals surface area contributed by atoms with Crippen LogP contribution in [0.3, 0.4) is 0 Å². The zero-order valence-electron chi connectivity index (χ0n) is 47.1. The Morgan fingerprint density at radius 2 is 0.656 bits per heavy atom. The van der Waals surface area contributed by atoms with Crippen LogP contribution in [0.1, 0.15) is 16.7 Å². The summed E-state index contributed by atoms with van der Waals surface area (Å²) >= 11 is 0. The van der Waals surface area contributed by atoms with Crippen molar-refractivity contribution in [3.63, 3.8) is 0 Å². The maximum absolute atomic E-state index is 15.3. The molecule has 0 spiro atoms. The van der Waals surface area contributed by atoms with Gasteiger partial charge in [-0.05, 0) is 102 Å². The predicted octanol–water partition coefficient (Wildman–Crippen LogP) is 19.5. The van der Waals surface area contributed by atoms with Gasteiger partial charge in [-0.25, -0.2) is 29.9 Å². The van der Waals surface area contributed by atoms with Crippen molar-refractivity contribution >= 4 is 43.6 Å². The standard InChI is InChI=1S/C75H43F6N9/c76-74(77,78)53-33-34-54(61(43-53)75(79,80)81)50-30-36-67(90-63-28-16-14-26-56(63)59-42-52(32-38-66(59)90)73-87-70(48-21-9-3-10-22-48)84-71(88-73)49-23-11-4-12-24-49)60(40-50)57-39-45(44-82)29-35-64(57)89-62-27-15-13-25-55(62)58-41-51(31-37-65(58)89)72-85-68(46-17-5-1-6-18-46)83-69(86-72)47-19-7-2-8-20-47/h1-43H. The van der Waals surface area contributed by atoms with Crippen molar-refractivity contribution in [1.82, 2.24) is 39.0 Å². The summed E-state index contributed by atoms with van der Waals surface area (Å²) in [6, 6.07) is 79.9. The van der Waals surface area contributed by atoms with Crippen molar-refractivity contribution in [2.24, 2.45) is 0 Å². The summed E-state index contributed by atoms with van der Waals surface area (Å²) in [6.07, 6.45) is -10.2. The third-order valence-corrected chi connectivity index (χ3v) is 16.1. The van der Waals surface area contributed by atoms with Gasteiger partial charge in [0.25, 0.3) is 0 Å². The molecule has 0 aliphatic heterocycles. The number of nitriles is 1. The second kappa shape index (κ2) is 21.8. The van der Waals surface area contributed by atoms with Crippen LogP contribution in [-0.2, 0) is 12.4 Å². The molecule has 0 amide bonds. The molecule has 0 saturated heterocycles. The number of hydrogen-bond acceptors (Lipinski definition) is 7. The molecule has 11 aromatic carbocycles. The molecule has 15 rings (SSSR count). The van der Waals surface area contributed by atoms with Crippen molar-refractivity contribution in [3.8, 4) is 108 Å². The molecule has 9 nitrogen and oxygen atoms in total. The lowest BCUT2D eigenvalue weighted by Gasteiger charge is -2.21. The minimum absolute atomic E-state index is 0.0154. The van der Waals surface area contributed by atoms with Crippen molar-refractivity contribution in [2.45, 2.75) is 12.4 Å². The highest BCUT2D eigenvalue weighted by Gasteiger charge is 2.39. The van der Waals surface area contributed by atoms with E-state index in [0.29, 0.717) is 80.2 Å². The number of aromatic nitrogens is 8. The first-order valence-corrected chi connectivity index (χ1v) is 28.6. The summed E-state index contributed by atoms with van der Waals surface area (Å²) in [5.74, 6) is 2.78. The third kappa shape index (κ3) is 9.82. The quantitative estimate of drug-likeness (QED) is 0.125. The second-order valence-electron chi connectivity index (χ2n) is 21.6. The first kappa shape index (κ1) is 54.7. The Labute approximate surface area is 509 Å². The smallest absolute Gasteiger partial charge is 0.309 e. The predicted molar refractivity (Wildman–Crippen MR) is 340 cm³/mol. The number of benzene rings is 11. The lowest BCUT2D eigenvalue weighted by molar-refractivity contribution is -0.142. The normalized spacial score (nSPS) is 11.9. The molecule has 0 radical (unpaired) electrons. The summed E-state index contributed by atoms with van der Waals surface area (Å²) in [5, 5.41) is 14.0. The number of rotatable bonds is 10. The molecule has 0 bridgehead atoms. The van der Waals surface area contributed by atoms with E-state index in [1.54, 1.807) is 24.3 Å². The molecule has 4 aromatic heterocycles. The lowest BCUT2D eigenvalue weighted by Crippen LogP contribution is -2.12. The number of hydrogen-bond donors (Lipinski definition) is 0. The second-order valence-corrected chi connectivity index (χ2v) is 21.6. The van der Waals surface area contributed by atoms with Crippen molar-refractivity contribution < 1.29 is 26.3 Å². The van der Waals surface area contributed by atoms with Gasteiger partial charge in [-0.1, -0.05) is 170 Å². The molecule has 430 valence electrons. The number of alkyl halides is 6. The summed E-state index contributed by atoms with van der Waals surface area (Å²) in [7, 11) is 0. The van der Waals surface area contributed by atoms with Gasteiger partial charge >= 0.3 is 12.4 Å². The molecule has 0 N–H and O–H groups in total. The van der Waals surface area contributed by atoms with Crippen molar-refractivity contribution in [2.75, 3.05) is 0 Å². The van der Waals surface area contributed by atoms with Crippen LogP contribution in [0, 0.1) is 11.3 Å². The van der Waals surface area contributed by atoms with E-state index >= 15 is 13.2 Å². The molecule has 4 heterocycles. The molecule has 0 fully saturated rings. The molecule has 0 unspecified atom stereocenters. The van der Waals surface area contributed by atoms with Gasteiger partial charge in [0.05, 0.1) is 56.2 Å². The van der Waals surface area contributed by atoms with Gasteiger partial charge in [-0.15, -0.1) is 0 Å². The van der Waals surface area contributed by atoms with Crippen LogP contribution in [0.5, 0.6) is 0 Å². The molecule has 90 heavy (non-hydrogen) atoms. The summed E-state index contributed by atoms with van der Waals surface area (Å²) in [4.78, 5) is 29.9. The van der Waals surface area contributed by atoms with E-state index in [2.05, 4.69) is 10.6 Å². The zero-order valence-corrected chi connectivity index (χ0v) is 47.1. The summed E-state index contributed by atoms with van der Waals surface area (Å²) in [5.41, 5.74) is 6.22. The largest absolute Gasteiger partial charge is 0.417 e. The molecular formula is C75H43F6N9. The van der Waals surface area contributed by atoms with Gasteiger partial charge in [0.2, 0.25) is 0 Å². The van der Waals surface area contributed by atoms with Crippen molar-refractivity contribution in [3.05, 3.63) is 278 Å². The van der Waals surface area contributed by atoms with Gasteiger partial charge in [0, 0.05) is 66.1 Å². The number of nitrogens with zero attached hydrogens (tertiary/aromatic N) is 9. The van der Waals surface area contributed by atoms with Crippen LogP contribution >= 0.6 is 0 Å². The SMILES string of the molecule is N#Cc1ccc(-n2c3ccccc3c3cc(-c4nc(-c5ccccc5)nc(-c5ccccc5)n4)ccc32)c(-c2cc(-c3ccc(C(F)(F)F)cc3C(F)(F)F)ccc2-n2c3ccccc3c3cc(-c4nc(-c5ccccc5)nc(-c5ccccc5)n4)ccc32)c1. The fraction of sp³-hybridized carbons (Fsp3) is 0.0267. The molecule has 15 heteroatoms. The van der Waals surface area contributed by atoms with Crippen molar-refractivity contribution in [1.29, 1.82) is 5.26 Å². The van der Waals surface area contributed by atoms with E-state index in [1.165, 1.54) is 6.07 Å². The van der Waals surface area contributed by atoms with Gasteiger partial charge in [-0.2, -0.15) is 31.6 Å². The molecule has 0 atom stereocenters. The highest BCUT2D eigenvalue weighted by Crippen LogP contribution is 2.47. The van der Waals surface area contributed by atoms with E-state index in [-0.39, 0.29) is 17.2 Å². The Bertz CT molecular complexity index is 5230. The first-order chi connectivity index (χ1) is 43.8. The van der Waals surface area contributed by atoms with Gasteiger partial charge in [0.15, 0.2) is 34.9 Å². The minimum atomic E-state index is -5.19. The van der Waals surface area contributed by atoms with E-state index in [9.17, 15) is 18.4 Å². The van der Waals surface area contributed by atoms with Gasteiger partial charge in [0.1, 0.15) is 0 Å². The van der Waals surface area contributed by atoms with Crippen LogP contribution in [0.15, 0.2) is 261 Å². The van der Waals surface area contributed by atoms with Crippen LogP contribution < -0.4 is 0 Å². The Morgan fingerprint density at radius 1 is 0.289 bits per heavy atom. The lowest BCUT2D eigenvalue weighted by atomic mass is 9.92. The fourth-order valence-corrected chi connectivity index (χ4v) is 12.0. The van der Waals surface area contributed by atoms with Gasteiger partial charge < -0.3 is 9.13 Å². The average Bonchev–Trinajstić information content (AvgIpc) is 1.60. The Kier molecular flexibility index (Phi) is 13.3. The fourth-order valence-electron chi connectivity index (χ4n) is 12.0. The summed E-state index contributed by atoms with van der Waals surface area (Å²) < 4.78 is 92.7. The number of fused-ring (bicyclic) bond motifs is 6. The number of halogens is 6. The highest BCUT2D eigenvalue weighted by molar-refractivity contribution is 6.13. The third-order valence-electron chi connectivity index (χ3n) is 16.1. The van der Waals surface area contributed by atoms with E-state index in [0.717, 1.165) is 66.4 Å². The highest BCUT2D eigenvalue weighted by atomic mass is 19.4. The molecule has 0 saturated carbocycles. The molecule has 0 aliphatic rings. The maximum Gasteiger partial charge on any atom is 0.417 e. The summed E-state index contributed by atoms with van der Waals surface area (Å²) in [6.45, 7) is 0. The topological polar surface area (TPSA) is 111 Å². The van der Waals surface area contributed by atoms with Gasteiger partial charge in [-0.3, -0.25) is 0 Å². The molecule has 0 aliphatic carbocycles. The van der Waals surface area contributed by atoms with Crippen LogP contribution in [0.4, 0.5) is 26.3 Å². The maximum atomic E-state index is 15.3. The van der Waals surface area contributed by atoms with Crippen LogP contribution in [-0.4, -0.2) is 39.0 Å². The Morgan fingerprint density at radius 3 is 1.07 bits per heavy atom. The van der Waals surface area contributed by atoms with E-state index in [4.69, 9.17) is 29.9 Å². The first-order valence-electron chi connectivity index (χ1n) is 28.6. The van der Waals surface area contributed by atoms with Crippen LogP contribution in [0.2, 0.25) is 0 Å². The number of para-hydroxylation sites is 2. The monoisotopic (exact) mass is 1180 g/mol. The molecular weight excluding hydrogens is 1140 g/mol. The Balaban J connectivity index is 0.967.